The summed E-state index contributed by atoms with van der Waals surface area (Å²) in [5.74, 6) is 1.91. The SMILES string of the molecule is Nc1cncc(Br)c1N1CC2CC3CC2C1C3O. The van der Waals surface area contributed by atoms with Gasteiger partial charge in [-0.05, 0) is 46.5 Å². The van der Waals surface area contributed by atoms with Gasteiger partial charge in [-0.25, -0.2) is 0 Å². The molecule has 1 aromatic heterocycles. The average Bonchev–Trinajstić information content (AvgIpc) is 2.90. The molecule has 2 heterocycles. The van der Waals surface area contributed by atoms with Crippen LogP contribution < -0.4 is 10.6 Å². The third-order valence-electron chi connectivity index (χ3n) is 5.04. The summed E-state index contributed by atoms with van der Waals surface area (Å²) in [6.07, 6.45) is 5.66. The summed E-state index contributed by atoms with van der Waals surface area (Å²) in [7, 11) is 0. The number of aliphatic hydroxyl groups is 1. The lowest BCUT2D eigenvalue weighted by Gasteiger charge is -2.31. The zero-order valence-corrected chi connectivity index (χ0v) is 11.5. The topological polar surface area (TPSA) is 62.4 Å². The molecule has 18 heavy (non-hydrogen) atoms. The van der Waals surface area contributed by atoms with Crippen molar-refractivity contribution in [3.05, 3.63) is 16.9 Å². The van der Waals surface area contributed by atoms with Crippen LogP contribution in [0.4, 0.5) is 11.4 Å². The summed E-state index contributed by atoms with van der Waals surface area (Å²) in [6.45, 7) is 1.02. The zero-order chi connectivity index (χ0) is 12.4. The van der Waals surface area contributed by atoms with Crippen LogP contribution in [-0.2, 0) is 0 Å². The molecule has 0 aromatic carbocycles. The molecule has 3 aliphatic rings. The predicted molar refractivity (Wildman–Crippen MR) is 73.2 cm³/mol. The van der Waals surface area contributed by atoms with E-state index in [1.54, 1.807) is 12.4 Å². The molecule has 1 aromatic rings. The Hall–Kier alpha value is -0.810. The van der Waals surface area contributed by atoms with Crippen LogP contribution in [0.25, 0.3) is 0 Å². The fourth-order valence-corrected chi connectivity index (χ4v) is 4.99. The quantitative estimate of drug-likeness (QED) is 0.828. The number of aromatic nitrogens is 1. The summed E-state index contributed by atoms with van der Waals surface area (Å²) < 4.78 is 0.930. The predicted octanol–water partition coefficient (Wildman–Crippen LogP) is 1.63. The van der Waals surface area contributed by atoms with Crippen LogP contribution >= 0.6 is 15.9 Å². The van der Waals surface area contributed by atoms with Gasteiger partial charge in [0.15, 0.2) is 0 Å². The number of halogens is 1. The maximum Gasteiger partial charge on any atom is 0.0779 e. The Morgan fingerprint density at radius 3 is 2.89 bits per heavy atom. The van der Waals surface area contributed by atoms with Gasteiger partial charge in [0, 0.05) is 12.7 Å². The Balaban J connectivity index is 1.79. The molecule has 3 N–H and O–H groups in total. The molecule has 3 fully saturated rings. The van der Waals surface area contributed by atoms with Gasteiger partial charge in [0.05, 0.1) is 34.2 Å². The molecule has 2 saturated carbocycles. The average molecular weight is 310 g/mol. The Morgan fingerprint density at radius 2 is 2.17 bits per heavy atom. The van der Waals surface area contributed by atoms with Crippen LogP contribution in [0.1, 0.15) is 12.8 Å². The maximum atomic E-state index is 10.4. The summed E-state index contributed by atoms with van der Waals surface area (Å²) >= 11 is 3.54. The van der Waals surface area contributed by atoms with Gasteiger partial charge in [-0.15, -0.1) is 0 Å². The van der Waals surface area contributed by atoms with Crippen molar-refractivity contribution in [2.45, 2.75) is 25.0 Å². The maximum absolute atomic E-state index is 10.4. The zero-order valence-electron chi connectivity index (χ0n) is 9.96. The van der Waals surface area contributed by atoms with Crippen molar-refractivity contribution in [1.82, 2.24) is 4.98 Å². The van der Waals surface area contributed by atoms with Crippen molar-refractivity contribution in [3.8, 4) is 0 Å². The number of hydrogen-bond donors (Lipinski definition) is 2. The number of nitrogen functional groups attached to an aromatic ring is 1. The molecule has 1 saturated heterocycles. The van der Waals surface area contributed by atoms with Gasteiger partial charge in [0.25, 0.3) is 0 Å². The summed E-state index contributed by atoms with van der Waals surface area (Å²) in [5.41, 5.74) is 7.79. The second-order valence-electron chi connectivity index (χ2n) is 5.85. The van der Waals surface area contributed by atoms with Crippen molar-refractivity contribution in [2.75, 3.05) is 17.2 Å². The monoisotopic (exact) mass is 309 g/mol. The number of fused-ring (bicyclic) bond motifs is 1. The molecule has 4 nitrogen and oxygen atoms in total. The molecular weight excluding hydrogens is 294 g/mol. The summed E-state index contributed by atoms with van der Waals surface area (Å²) in [4.78, 5) is 6.40. The van der Waals surface area contributed by atoms with Crippen LogP contribution in [0.2, 0.25) is 0 Å². The fourth-order valence-electron chi connectivity index (χ4n) is 4.42. The lowest BCUT2D eigenvalue weighted by Crippen LogP contribution is -2.41. The minimum absolute atomic E-state index is 0.187. The van der Waals surface area contributed by atoms with Crippen molar-refractivity contribution < 1.29 is 5.11 Å². The largest absolute Gasteiger partial charge is 0.396 e. The van der Waals surface area contributed by atoms with Crippen LogP contribution in [-0.4, -0.2) is 28.8 Å². The number of aliphatic hydroxyl groups excluding tert-OH is 1. The van der Waals surface area contributed by atoms with Crippen LogP contribution in [0.3, 0.4) is 0 Å². The van der Waals surface area contributed by atoms with E-state index in [2.05, 4.69) is 25.8 Å². The Labute approximate surface area is 114 Å². The van der Waals surface area contributed by atoms with E-state index in [0.29, 0.717) is 17.5 Å². The molecule has 96 valence electrons. The van der Waals surface area contributed by atoms with Gasteiger partial charge in [-0.3, -0.25) is 4.98 Å². The van der Waals surface area contributed by atoms with E-state index in [0.717, 1.165) is 22.6 Å². The molecule has 0 radical (unpaired) electrons. The number of anilines is 2. The lowest BCUT2D eigenvalue weighted by molar-refractivity contribution is 0.0967. The van der Waals surface area contributed by atoms with E-state index >= 15 is 0 Å². The van der Waals surface area contributed by atoms with Gasteiger partial charge in [0.1, 0.15) is 0 Å². The van der Waals surface area contributed by atoms with E-state index in [1.165, 1.54) is 12.8 Å². The Kier molecular flexibility index (Phi) is 2.21. The molecule has 1 aliphatic heterocycles. The van der Waals surface area contributed by atoms with Gasteiger partial charge < -0.3 is 15.7 Å². The molecule has 0 spiro atoms. The number of hydrogen-bond acceptors (Lipinski definition) is 4. The number of nitrogens with zero attached hydrogens (tertiary/aromatic N) is 2. The first-order valence-corrected chi connectivity index (χ1v) is 7.30. The smallest absolute Gasteiger partial charge is 0.0779 e. The third kappa shape index (κ3) is 1.26. The highest BCUT2D eigenvalue weighted by Crippen LogP contribution is 2.56. The van der Waals surface area contributed by atoms with Gasteiger partial charge in [0.2, 0.25) is 0 Å². The molecule has 2 bridgehead atoms. The van der Waals surface area contributed by atoms with E-state index in [1.807, 2.05) is 0 Å². The second-order valence-corrected chi connectivity index (χ2v) is 6.70. The molecule has 5 heteroatoms. The first-order chi connectivity index (χ1) is 8.66. The van der Waals surface area contributed by atoms with Crippen molar-refractivity contribution in [2.24, 2.45) is 17.8 Å². The number of pyridine rings is 1. The van der Waals surface area contributed by atoms with E-state index in [4.69, 9.17) is 5.73 Å². The van der Waals surface area contributed by atoms with E-state index < -0.39 is 0 Å². The lowest BCUT2D eigenvalue weighted by atomic mass is 9.88. The van der Waals surface area contributed by atoms with Gasteiger partial charge in [-0.2, -0.15) is 0 Å². The van der Waals surface area contributed by atoms with E-state index in [-0.39, 0.29) is 12.1 Å². The second kappa shape index (κ2) is 3.61. The third-order valence-corrected chi connectivity index (χ3v) is 5.62. The fraction of sp³-hybridized carbons (Fsp3) is 0.615. The van der Waals surface area contributed by atoms with Crippen LogP contribution in [0.5, 0.6) is 0 Å². The first kappa shape index (κ1) is 11.1. The first-order valence-electron chi connectivity index (χ1n) is 6.50. The number of rotatable bonds is 1. The van der Waals surface area contributed by atoms with Crippen molar-refractivity contribution in [1.29, 1.82) is 0 Å². The highest BCUT2D eigenvalue weighted by molar-refractivity contribution is 9.10. The van der Waals surface area contributed by atoms with Crippen LogP contribution in [0, 0.1) is 17.8 Å². The summed E-state index contributed by atoms with van der Waals surface area (Å²) in [6, 6.07) is 0.259. The minimum Gasteiger partial charge on any atom is -0.396 e. The normalized spacial score (nSPS) is 40.8. The van der Waals surface area contributed by atoms with Crippen LogP contribution in [0.15, 0.2) is 16.9 Å². The Morgan fingerprint density at radius 1 is 1.33 bits per heavy atom. The molecule has 0 amide bonds. The Bertz CT molecular complexity index is 487. The molecule has 5 unspecified atom stereocenters. The van der Waals surface area contributed by atoms with E-state index in [9.17, 15) is 5.11 Å². The minimum atomic E-state index is -0.187. The van der Waals surface area contributed by atoms with Gasteiger partial charge >= 0.3 is 0 Å². The molecule has 2 aliphatic carbocycles. The van der Waals surface area contributed by atoms with Crippen molar-refractivity contribution in [3.63, 3.8) is 0 Å². The highest BCUT2D eigenvalue weighted by atomic mass is 79.9. The molecule has 4 rings (SSSR count). The summed E-state index contributed by atoms with van der Waals surface area (Å²) in [5, 5.41) is 10.4. The number of nitrogens with two attached hydrogens (primary N) is 1. The van der Waals surface area contributed by atoms with Crippen molar-refractivity contribution >= 4 is 27.3 Å². The molecule has 5 atom stereocenters. The standard InChI is InChI=1S/C13H16BrN3O/c14-9-3-16-4-10(15)12(9)17-5-7-1-6-2-8(7)11(17)13(6)18/h3-4,6-8,11,13,18H,1-2,5,15H2. The highest BCUT2D eigenvalue weighted by Gasteiger charge is 2.59. The molecular formula is C13H16BrN3O. The van der Waals surface area contributed by atoms with Gasteiger partial charge in [-0.1, -0.05) is 0 Å².